The summed E-state index contributed by atoms with van der Waals surface area (Å²) >= 11 is 0. The van der Waals surface area contributed by atoms with Crippen molar-refractivity contribution >= 4 is 11.0 Å². The highest BCUT2D eigenvalue weighted by Gasteiger charge is 2.12. The summed E-state index contributed by atoms with van der Waals surface area (Å²) in [4.78, 5) is 11.4. The minimum Gasteiger partial charge on any atom is -0.267 e. The third-order valence-electron chi connectivity index (χ3n) is 2.37. The quantitative estimate of drug-likeness (QED) is 0.666. The zero-order valence-electron chi connectivity index (χ0n) is 8.46. The number of nitrogens with one attached hydrogen (secondary N) is 1. The number of halogens is 1. The molecule has 1 aromatic carbocycles. The molecule has 2 aromatic heterocycles. The third-order valence-corrected chi connectivity index (χ3v) is 2.37. The van der Waals surface area contributed by atoms with E-state index in [-0.39, 0.29) is 16.7 Å². The van der Waals surface area contributed by atoms with Gasteiger partial charge in [-0.1, -0.05) is 17.3 Å². The van der Waals surface area contributed by atoms with Crippen molar-refractivity contribution in [1.82, 2.24) is 25.2 Å². The molecule has 0 atom stereocenters. The van der Waals surface area contributed by atoms with Gasteiger partial charge in [0.05, 0.1) is 6.20 Å². The SMILES string of the molecule is O=c1[nH]nnc2c1cnn2-c1ccccc1F. The molecule has 0 bridgehead atoms. The molecule has 84 valence electrons. The summed E-state index contributed by atoms with van der Waals surface area (Å²) in [5, 5.41) is 13.6. The van der Waals surface area contributed by atoms with E-state index in [0.717, 1.165) is 0 Å². The Morgan fingerprint density at radius 3 is 2.94 bits per heavy atom. The molecular formula is C10H6FN5O. The van der Waals surface area contributed by atoms with E-state index in [1.54, 1.807) is 18.2 Å². The molecule has 0 unspecified atom stereocenters. The largest absolute Gasteiger partial charge is 0.278 e. The molecule has 0 amide bonds. The molecule has 0 saturated heterocycles. The molecular weight excluding hydrogens is 225 g/mol. The fourth-order valence-corrected chi connectivity index (χ4v) is 1.58. The summed E-state index contributed by atoms with van der Waals surface area (Å²) in [5.74, 6) is -0.445. The fraction of sp³-hybridized carbons (Fsp3) is 0. The molecule has 0 radical (unpaired) electrons. The molecule has 0 spiro atoms. The molecule has 17 heavy (non-hydrogen) atoms. The van der Waals surface area contributed by atoms with Crippen molar-refractivity contribution in [2.45, 2.75) is 0 Å². The number of hydrogen-bond acceptors (Lipinski definition) is 4. The molecule has 3 aromatic rings. The predicted octanol–water partition coefficient (Wildman–Crippen LogP) is 0.643. The summed E-state index contributed by atoms with van der Waals surface area (Å²) in [6.07, 6.45) is 1.33. The maximum atomic E-state index is 13.6. The summed E-state index contributed by atoms with van der Waals surface area (Å²) in [5.41, 5.74) is 0.0406. The summed E-state index contributed by atoms with van der Waals surface area (Å²) < 4.78 is 14.8. The zero-order chi connectivity index (χ0) is 11.8. The Morgan fingerprint density at radius 2 is 2.12 bits per heavy atom. The van der Waals surface area contributed by atoms with Crippen LogP contribution < -0.4 is 5.56 Å². The summed E-state index contributed by atoms with van der Waals surface area (Å²) in [6, 6.07) is 6.10. The zero-order valence-corrected chi connectivity index (χ0v) is 8.46. The number of benzene rings is 1. The van der Waals surface area contributed by atoms with Gasteiger partial charge in [-0.3, -0.25) is 4.79 Å². The van der Waals surface area contributed by atoms with Crippen LogP contribution in [-0.2, 0) is 0 Å². The second-order valence-corrected chi connectivity index (χ2v) is 3.39. The van der Waals surface area contributed by atoms with Crippen molar-refractivity contribution in [2.75, 3.05) is 0 Å². The maximum absolute atomic E-state index is 13.6. The Kier molecular flexibility index (Phi) is 1.97. The van der Waals surface area contributed by atoms with E-state index in [2.05, 4.69) is 20.5 Å². The Hall–Kier alpha value is -2.57. The van der Waals surface area contributed by atoms with Crippen molar-refractivity contribution < 1.29 is 4.39 Å². The second-order valence-electron chi connectivity index (χ2n) is 3.39. The Bertz CT molecular complexity index is 748. The highest BCUT2D eigenvalue weighted by molar-refractivity contribution is 5.74. The van der Waals surface area contributed by atoms with Gasteiger partial charge in [0.2, 0.25) is 0 Å². The van der Waals surface area contributed by atoms with Crippen LogP contribution in [0.4, 0.5) is 4.39 Å². The van der Waals surface area contributed by atoms with E-state index in [0.29, 0.717) is 0 Å². The van der Waals surface area contributed by atoms with Crippen LogP contribution in [0.5, 0.6) is 0 Å². The van der Waals surface area contributed by atoms with Gasteiger partial charge in [0, 0.05) is 0 Å². The van der Waals surface area contributed by atoms with Gasteiger partial charge >= 0.3 is 0 Å². The molecule has 1 N–H and O–H groups in total. The molecule has 0 saturated carbocycles. The number of hydrogen-bond donors (Lipinski definition) is 1. The van der Waals surface area contributed by atoms with E-state index >= 15 is 0 Å². The molecule has 0 aliphatic heterocycles. The van der Waals surface area contributed by atoms with Gasteiger partial charge in [0.25, 0.3) is 5.56 Å². The maximum Gasteiger partial charge on any atom is 0.278 e. The minimum absolute atomic E-state index is 0.221. The van der Waals surface area contributed by atoms with Crippen molar-refractivity contribution in [3.63, 3.8) is 0 Å². The van der Waals surface area contributed by atoms with Crippen molar-refractivity contribution in [3.8, 4) is 5.69 Å². The smallest absolute Gasteiger partial charge is 0.267 e. The molecule has 0 fully saturated rings. The lowest BCUT2D eigenvalue weighted by Crippen LogP contribution is -2.10. The molecule has 7 heteroatoms. The van der Waals surface area contributed by atoms with Crippen LogP contribution in [-0.4, -0.2) is 25.2 Å². The Morgan fingerprint density at radius 1 is 1.29 bits per heavy atom. The van der Waals surface area contributed by atoms with E-state index < -0.39 is 11.4 Å². The molecule has 6 nitrogen and oxygen atoms in total. The average Bonchev–Trinajstić information content (AvgIpc) is 2.75. The Balaban J connectivity index is 2.36. The number of fused-ring (bicyclic) bond motifs is 1. The second kappa shape index (κ2) is 3.48. The lowest BCUT2D eigenvalue weighted by Gasteiger charge is -2.02. The van der Waals surface area contributed by atoms with Crippen LogP contribution in [0.15, 0.2) is 35.3 Å². The topological polar surface area (TPSA) is 76.5 Å². The van der Waals surface area contributed by atoms with Gasteiger partial charge in [0.1, 0.15) is 16.9 Å². The number of rotatable bonds is 1. The van der Waals surface area contributed by atoms with Gasteiger partial charge in [-0.2, -0.15) is 5.10 Å². The monoisotopic (exact) mass is 231 g/mol. The van der Waals surface area contributed by atoms with Gasteiger partial charge in [-0.15, -0.1) is 5.10 Å². The summed E-state index contributed by atoms with van der Waals surface area (Å²) in [6.45, 7) is 0. The first-order valence-electron chi connectivity index (χ1n) is 4.81. The molecule has 0 aliphatic carbocycles. The first-order valence-corrected chi connectivity index (χ1v) is 4.81. The van der Waals surface area contributed by atoms with Crippen LogP contribution in [0.25, 0.3) is 16.7 Å². The standard InChI is InChI=1S/C10H6FN5O/c11-7-3-1-2-4-8(7)16-9-6(5-12-16)10(17)14-15-13-9/h1-5H,(H,13,14,17). The van der Waals surface area contributed by atoms with Crippen LogP contribution in [0.2, 0.25) is 0 Å². The fourth-order valence-electron chi connectivity index (χ4n) is 1.58. The molecule has 3 rings (SSSR count). The predicted molar refractivity (Wildman–Crippen MR) is 57.2 cm³/mol. The number of aromatic nitrogens is 5. The van der Waals surface area contributed by atoms with E-state index in [4.69, 9.17) is 0 Å². The minimum atomic E-state index is -0.445. The van der Waals surface area contributed by atoms with Crippen molar-refractivity contribution in [3.05, 3.63) is 46.6 Å². The number of nitrogens with zero attached hydrogens (tertiary/aromatic N) is 4. The highest BCUT2D eigenvalue weighted by Crippen LogP contribution is 2.15. The lowest BCUT2D eigenvalue weighted by molar-refractivity contribution is 0.612. The van der Waals surface area contributed by atoms with Crippen LogP contribution in [0.1, 0.15) is 0 Å². The number of para-hydroxylation sites is 1. The highest BCUT2D eigenvalue weighted by atomic mass is 19.1. The van der Waals surface area contributed by atoms with Crippen LogP contribution in [0.3, 0.4) is 0 Å². The van der Waals surface area contributed by atoms with Gasteiger partial charge in [-0.05, 0) is 12.1 Å². The van der Waals surface area contributed by atoms with Crippen molar-refractivity contribution in [1.29, 1.82) is 0 Å². The van der Waals surface area contributed by atoms with Gasteiger partial charge < -0.3 is 0 Å². The summed E-state index contributed by atoms with van der Waals surface area (Å²) in [7, 11) is 0. The molecule has 0 aliphatic rings. The van der Waals surface area contributed by atoms with Crippen LogP contribution >= 0.6 is 0 Å². The number of H-pyrrole nitrogens is 1. The van der Waals surface area contributed by atoms with Crippen molar-refractivity contribution in [2.24, 2.45) is 0 Å². The lowest BCUT2D eigenvalue weighted by atomic mass is 10.3. The Labute approximate surface area is 93.7 Å². The van der Waals surface area contributed by atoms with E-state index in [9.17, 15) is 9.18 Å². The molecule has 2 heterocycles. The normalized spacial score (nSPS) is 10.9. The average molecular weight is 231 g/mol. The van der Waals surface area contributed by atoms with E-state index in [1.165, 1.54) is 16.9 Å². The van der Waals surface area contributed by atoms with Crippen LogP contribution in [0, 0.1) is 5.82 Å². The van der Waals surface area contributed by atoms with E-state index in [1.807, 2.05) is 0 Å². The van der Waals surface area contributed by atoms with Gasteiger partial charge in [-0.25, -0.2) is 14.2 Å². The first kappa shape index (κ1) is 9.64. The number of aromatic amines is 1. The first-order chi connectivity index (χ1) is 8.27. The third kappa shape index (κ3) is 1.40. The van der Waals surface area contributed by atoms with Gasteiger partial charge in [0.15, 0.2) is 5.65 Å².